The van der Waals surface area contributed by atoms with Crippen LogP contribution in [0.25, 0.3) is 0 Å². The van der Waals surface area contributed by atoms with E-state index in [1.807, 2.05) is 0 Å². The molecule has 2 rings (SSSR count). The molecule has 2 aromatic rings. The summed E-state index contributed by atoms with van der Waals surface area (Å²) < 4.78 is 14.1. The number of amides is 1. The van der Waals surface area contributed by atoms with E-state index in [0.717, 1.165) is 14.2 Å². The molecule has 8 nitrogen and oxygen atoms in total. The molecule has 30 heavy (non-hydrogen) atoms. The molecule has 0 aliphatic rings. The van der Waals surface area contributed by atoms with Gasteiger partial charge in [-0.05, 0) is 30.3 Å². The predicted octanol–water partition coefficient (Wildman–Crippen LogP) is 4.02. The standard InChI is InChI=1S/C19H14Cl3NO7/c1-28-17(25)9-5-10(18(26)29-2)7-11(6-9)23-14(24)8-30-19(27)15-12(20)3-4-13(21)16(15)22/h3-7H,8H2,1-2H3,(H,23,24). The zero-order valence-corrected chi connectivity index (χ0v) is 17.9. The molecular weight excluding hydrogens is 461 g/mol. The van der Waals surface area contributed by atoms with Crippen LogP contribution >= 0.6 is 34.8 Å². The molecular formula is C19H14Cl3NO7. The summed E-state index contributed by atoms with van der Waals surface area (Å²) in [6.45, 7) is -0.700. The number of hydrogen-bond acceptors (Lipinski definition) is 7. The minimum Gasteiger partial charge on any atom is -0.465 e. The number of carbonyl (C=O) groups excluding carboxylic acids is 4. The molecule has 0 radical (unpaired) electrons. The Morgan fingerprint density at radius 1 is 0.833 bits per heavy atom. The smallest absolute Gasteiger partial charge is 0.341 e. The normalized spacial score (nSPS) is 10.2. The summed E-state index contributed by atoms with van der Waals surface area (Å²) >= 11 is 17.7. The van der Waals surface area contributed by atoms with Crippen LogP contribution < -0.4 is 5.32 Å². The van der Waals surface area contributed by atoms with Gasteiger partial charge in [0.05, 0.1) is 46.0 Å². The van der Waals surface area contributed by atoms with Gasteiger partial charge in [0.25, 0.3) is 5.91 Å². The monoisotopic (exact) mass is 473 g/mol. The summed E-state index contributed by atoms with van der Waals surface area (Å²) in [6, 6.07) is 6.57. The van der Waals surface area contributed by atoms with Gasteiger partial charge in [-0.2, -0.15) is 0 Å². The molecule has 1 N–H and O–H groups in total. The number of ether oxygens (including phenoxy) is 3. The van der Waals surface area contributed by atoms with Crippen molar-refractivity contribution >= 4 is 64.3 Å². The number of esters is 3. The Morgan fingerprint density at radius 3 is 1.90 bits per heavy atom. The van der Waals surface area contributed by atoms with Crippen molar-refractivity contribution in [2.75, 3.05) is 26.1 Å². The molecule has 0 fully saturated rings. The number of nitrogens with one attached hydrogen (secondary N) is 1. The maximum atomic E-state index is 12.2. The molecule has 11 heteroatoms. The number of rotatable bonds is 6. The van der Waals surface area contributed by atoms with Gasteiger partial charge < -0.3 is 19.5 Å². The lowest BCUT2D eigenvalue weighted by atomic mass is 10.1. The van der Waals surface area contributed by atoms with E-state index in [1.54, 1.807) is 0 Å². The van der Waals surface area contributed by atoms with Crippen molar-refractivity contribution in [2.45, 2.75) is 0 Å². The van der Waals surface area contributed by atoms with Crippen LogP contribution in [0.3, 0.4) is 0 Å². The lowest BCUT2D eigenvalue weighted by molar-refractivity contribution is -0.119. The van der Waals surface area contributed by atoms with Crippen molar-refractivity contribution < 1.29 is 33.4 Å². The van der Waals surface area contributed by atoms with E-state index in [0.29, 0.717) is 0 Å². The van der Waals surface area contributed by atoms with E-state index in [9.17, 15) is 19.2 Å². The third kappa shape index (κ3) is 5.63. The third-order valence-electron chi connectivity index (χ3n) is 3.64. The summed E-state index contributed by atoms with van der Waals surface area (Å²) in [5.74, 6) is -3.17. The zero-order chi connectivity index (χ0) is 22.4. The van der Waals surface area contributed by atoms with Crippen molar-refractivity contribution in [3.8, 4) is 0 Å². The molecule has 2 aromatic carbocycles. The summed E-state index contributed by atoms with van der Waals surface area (Å²) in [5.41, 5.74) is -0.0900. The number of carbonyl (C=O) groups is 4. The van der Waals surface area contributed by atoms with Crippen LogP contribution in [0.1, 0.15) is 31.1 Å². The van der Waals surface area contributed by atoms with Crippen molar-refractivity contribution in [2.24, 2.45) is 0 Å². The summed E-state index contributed by atoms with van der Waals surface area (Å²) in [6.07, 6.45) is 0. The summed E-state index contributed by atoms with van der Waals surface area (Å²) in [5, 5.41) is 2.39. The second-order valence-corrected chi connectivity index (χ2v) is 6.82. The van der Waals surface area contributed by atoms with Crippen molar-refractivity contribution in [3.05, 3.63) is 62.1 Å². The SMILES string of the molecule is COC(=O)c1cc(NC(=O)COC(=O)c2c(Cl)ccc(Cl)c2Cl)cc(C(=O)OC)c1. The molecule has 0 bridgehead atoms. The average molecular weight is 475 g/mol. The molecule has 1 amide bonds. The van der Waals surface area contributed by atoms with E-state index in [2.05, 4.69) is 14.8 Å². The van der Waals surface area contributed by atoms with Crippen molar-refractivity contribution in [1.82, 2.24) is 0 Å². The Balaban J connectivity index is 2.14. The largest absolute Gasteiger partial charge is 0.465 e. The molecule has 0 heterocycles. The minimum atomic E-state index is -0.957. The molecule has 0 aliphatic carbocycles. The Bertz CT molecular complexity index is 989. The number of benzene rings is 2. The maximum Gasteiger partial charge on any atom is 0.341 e. The van der Waals surface area contributed by atoms with E-state index in [-0.39, 0.29) is 37.4 Å². The highest BCUT2D eigenvalue weighted by Crippen LogP contribution is 2.31. The molecule has 0 atom stereocenters. The fourth-order valence-corrected chi connectivity index (χ4v) is 2.97. The van der Waals surface area contributed by atoms with Crippen LogP contribution in [0.2, 0.25) is 15.1 Å². The first-order valence-corrected chi connectivity index (χ1v) is 9.23. The fourth-order valence-electron chi connectivity index (χ4n) is 2.29. The molecule has 0 aliphatic heterocycles. The minimum absolute atomic E-state index is 0.00306. The molecule has 158 valence electrons. The van der Waals surface area contributed by atoms with E-state index >= 15 is 0 Å². The van der Waals surface area contributed by atoms with Gasteiger partial charge in [-0.15, -0.1) is 0 Å². The highest BCUT2D eigenvalue weighted by atomic mass is 35.5. The Morgan fingerprint density at radius 2 is 1.37 bits per heavy atom. The lowest BCUT2D eigenvalue weighted by Gasteiger charge is -2.11. The van der Waals surface area contributed by atoms with Crippen LogP contribution in [0, 0.1) is 0 Å². The molecule has 0 aromatic heterocycles. The van der Waals surface area contributed by atoms with E-state index < -0.39 is 30.4 Å². The van der Waals surface area contributed by atoms with Crippen LogP contribution in [-0.2, 0) is 19.0 Å². The second-order valence-electron chi connectivity index (χ2n) is 5.62. The van der Waals surface area contributed by atoms with Crippen molar-refractivity contribution in [3.63, 3.8) is 0 Å². The zero-order valence-electron chi connectivity index (χ0n) is 15.6. The van der Waals surface area contributed by atoms with Crippen molar-refractivity contribution in [1.29, 1.82) is 0 Å². The number of halogens is 3. The van der Waals surface area contributed by atoms with Gasteiger partial charge in [-0.1, -0.05) is 34.8 Å². The third-order valence-corrected chi connectivity index (χ3v) is 4.76. The van der Waals surface area contributed by atoms with E-state index in [1.165, 1.54) is 30.3 Å². The van der Waals surface area contributed by atoms with E-state index in [4.69, 9.17) is 39.5 Å². The maximum absolute atomic E-state index is 12.2. The van der Waals surface area contributed by atoms with Crippen LogP contribution in [0.5, 0.6) is 0 Å². The predicted molar refractivity (Wildman–Crippen MR) is 110 cm³/mol. The molecule has 0 spiro atoms. The van der Waals surface area contributed by atoms with Gasteiger partial charge in [0.15, 0.2) is 6.61 Å². The molecule has 0 saturated heterocycles. The Labute approximate surface area is 185 Å². The van der Waals surface area contributed by atoms with Crippen LogP contribution in [-0.4, -0.2) is 44.6 Å². The van der Waals surface area contributed by atoms with Crippen LogP contribution in [0.4, 0.5) is 5.69 Å². The Hall–Kier alpha value is -2.81. The summed E-state index contributed by atoms with van der Waals surface area (Å²) in [4.78, 5) is 48.0. The quantitative estimate of drug-likeness (QED) is 0.383. The number of methoxy groups -OCH3 is 2. The van der Waals surface area contributed by atoms with Gasteiger partial charge in [0, 0.05) is 5.69 Å². The second kappa shape index (κ2) is 10.3. The highest BCUT2D eigenvalue weighted by Gasteiger charge is 2.20. The van der Waals surface area contributed by atoms with Crippen LogP contribution in [0.15, 0.2) is 30.3 Å². The summed E-state index contributed by atoms with van der Waals surface area (Å²) in [7, 11) is 2.33. The first-order valence-electron chi connectivity index (χ1n) is 8.10. The van der Waals surface area contributed by atoms with Gasteiger partial charge in [-0.25, -0.2) is 14.4 Å². The number of anilines is 1. The Kier molecular flexibility index (Phi) is 8.05. The average Bonchev–Trinajstić information content (AvgIpc) is 2.73. The topological polar surface area (TPSA) is 108 Å². The lowest BCUT2D eigenvalue weighted by Crippen LogP contribution is -2.22. The fraction of sp³-hybridized carbons (Fsp3) is 0.158. The van der Waals surface area contributed by atoms with Gasteiger partial charge in [0.2, 0.25) is 0 Å². The number of hydrogen-bond donors (Lipinski definition) is 1. The highest BCUT2D eigenvalue weighted by molar-refractivity contribution is 6.46. The van der Waals surface area contributed by atoms with Gasteiger partial charge >= 0.3 is 17.9 Å². The first kappa shape index (κ1) is 23.5. The molecule has 0 saturated carbocycles. The van der Waals surface area contributed by atoms with Gasteiger partial charge in [0.1, 0.15) is 0 Å². The van der Waals surface area contributed by atoms with Gasteiger partial charge in [-0.3, -0.25) is 4.79 Å². The first-order chi connectivity index (χ1) is 14.2. The molecule has 0 unspecified atom stereocenters.